The van der Waals surface area contributed by atoms with Gasteiger partial charge in [-0.2, -0.15) is 5.26 Å². The van der Waals surface area contributed by atoms with Crippen LogP contribution in [0.15, 0.2) is 11.4 Å². The summed E-state index contributed by atoms with van der Waals surface area (Å²) in [6.45, 7) is 10.9. The fourth-order valence-corrected chi connectivity index (χ4v) is 2.03. The van der Waals surface area contributed by atoms with Gasteiger partial charge in [0.05, 0.1) is 5.56 Å². The third kappa shape index (κ3) is 3.96. The first-order chi connectivity index (χ1) is 7.43. The second-order valence-electron chi connectivity index (χ2n) is 5.31. The lowest BCUT2D eigenvalue weighted by atomic mass is 9.82. The van der Waals surface area contributed by atoms with Gasteiger partial charge >= 0.3 is 0 Å². The number of rotatable bonds is 4. The summed E-state index contributed by atoms with van der Waals surface area (Å²) in [6.07, 6.45) is 0. The highest BCUT2D eigenvalue weighted by Gasteiger charge is 2.19. The summed E-state index contributed by atoms with van der Waals surface area (Å²) in [6, 6.07) is 4.11. The van der Waals surface area contributed by atoms with E-state index in [-0.39, 0.29) is 0 Å². The number of hydrogen-bond acceptors (Lipinski definition) is 3. The molecule has 0 aliphatic rings. The summed E-state index contributed by atoms with van der Waals surface area (Å²) in [5.74, 6) is 0.642. The minimum atomic E-state index is 0.347. The van der Waals surface area contributed by atoms with Crippen LogP contribution in [0.3, 0.4) is 0 Å². The molecule has 0 spiro atoms. The van der Waals surface area contributed by atoms with Gasteiger partial charge in [-0.15, -0.1) is 11.3 Å². The van der Waals surface area contributed by atoms with Gasteiger partial charge in [0.15, 0.2) is 0 Å². The summed E-state index contributed by atoms with van der Waals surface area (Å²) < 4.78 is 0. The number of nitriles is 1. The molecule has 1 N–H and O–H groups in total. The average molecular weight is 236 g/mol. The Morgan fingerprint density at radius 1 is 1.50 bits per heavy atom. The smallest absolute Gasteiger partial charge is 0.100 e. The molecule has 1 aromatic rings. The van der Waals surface area contributed by atoms with Crippen molar-refractivity contribution in [2.45, 2.75) is 34.2 Å². The summed E-state index contributed by atoms with van der Waals surface area (Å²) in [7, 11) is 0. The van der Waals surface area contributed by atoms with Crippen molar-refractivity contribution in [3.63, 3.8) is 0 Å². The molecule has 2 nitrogen and oxygen atoms in total. The quantitative estimate of drug-likeness (QED) is 0.869. The maximum Gasteiger partial charge on any atom is 0.100 e. The maximum atomic E-state index is 8.71. The highest BCUT2D eigenvalue weighted by molar-refractivity contribution is 7.10. The van der Waals surface area contributed by atoms with Crippen LogP contribution in [0.2, 0.25) is 0 Å². The zero-order valence-electron chi connectivity index (χ0n) is 10.5. The van der Waals surface area contributed by atoms with Crippen LogP contribution in [0.4, 0.5) is 0 Å². The lowest BCUT2D eigenvalue weighted by Crippen LogP contribution is -2.29. The molecule has 0 fully saturated rings. The van der Waals surface area contributed by atoms with Gasteiger partial charge in [0.1, 0.15) is 6.07 Å². The van der Waals surface area contributed by atoms with Crippen molar-refractivity contribution in [2.75, 3.05) is 6.54 Å². The third-order valence-corrected chi connectivity index (χ3v) is 3.95. The van der Waals surface area contributed by atoms with Gasteiger partial charge < -0.3 is 5.32 Å². The second-order valence-corrected chi connectivity index (χ2v) is 6.31. The summed E-state index contributed by atoms with van der Waals surface area (Å²) in [4.78, 5) is 1.23. The standard InChI is InChI=1S/C13H20N2S/c1-10(13(2,3)4)7-15-8-12-5-11(6-14)9-16-12/h5,9-10,15H,7-8H2,1-4H3. The fourth-order valence-electron chi connectivity index (χ4n) is 1.25. The van der Waals surface area contributed by atoms with E-state index >= 15 is 0 Å². The SMILES string of the molecule is CC(CNCc1cc(C#N)cs1)C(C)(C)C. The van der Waals surface area contributed by atoms with Crippen molar-refractivity contribution in [1.82, 2.24) is 5.32 Å². The van der Waals surface area contributed by atoms with E-state index in [0.29, 0.717) is 11.3 Å². The Labute approximate surface area is 102 Å². The van der Waals surface area contributed by atoms with Gasteiger partial charge in [-0.05, 0) is 23.9 Å². The number of thiophene rings is 1. The molecule has 16 heavy (non-hydrogen) atoms. The van der Waals surface area contributed by atoms with Crippen molar-refractivity contribution < 1.29 is 0 Å². The molecule has 0 aliphatic heterocycles. The molecule has 0 saturated carbocycles. The van der Waals surface area contributed by atoms with Crippen LogP contribution < -0.4 is 5.32 Å². The zero-order chi connectivity index (χ0) is 12.2. The van der Waals surface area contributed by atoms with Crippen LogP contribution >= 0.6 is 11.3 Å². The molecule has 0 aliphatic carbocycles. The molecule has 0 radical (unpaired) electrons. The number of hydrogen-bond donors (Lipinski definition) is 1. The van der Waals surface area contributed by atoms with Crippen LogP contribution in [-0.2, 0) is 6.54 Å². The Hall–Kier alpha value is -0.850. The summed E-state index contributed by atoms with van der Waals surface area (Å²) >= 11 is 1.65. The number of nitrogens with zero attached hydrogens (tertiary/aromatic N) is 1. The van der Waals surface area contributed by atoms with E-state index in [0.717, 1.165) is 18.7 Å². The second kappa shape index (κ2) is 5.47. The Kier molecular flexibility index (Phi) is 4.52. The molecule has 0 aromatic carbocycles. The largest absolute Gasteiger partial charge is 0.312 e. The third-order valence-electron chi connectivity index (χ3n) is 3.01. The van der Waals surface area contributed by atoms with Crippen molar-refractivity contribution in [2.24, 2.45) is 11.3 Å². The van der Waals surface area contributed by atoms with Crippen molar-refractivity contribution in [3.05, 3.63) is 21.9 Å². The molecule has 0 bridgehead atoms. The maximum absolute atomic E-state index is 8.71. The predicted molar refractivity (Wildman–Crippen MR) is 69.4 cm³/mol. The Balaban J connectivity index is 2.34. The molecular weight excluding hydrogens is 216 g/mol. The van der Waals surface area contributed by atoms with Crippen molar-refractivity contribution in [1.29, 1.82) is 5.26 Å². The Bertz CT molecular complexity index is 368. The van der Waals surface area contributed by atoms with E-state index in [1.54, 1.807) is 11.3 Å². The normalized spacial score (nSPS) is 13.4. The zero-order valence-corrected chi connectivity index (χ0v) is 11.3. The Morgan fingerprint density at radius 3 is 2.69 bits per heavy atom. The molecule has 1 rings (SSSR count). The van der Waals surface area contributed by atoms with Gasteiger partial charge in [0.25, 0.3) is 0 Å². The Morgan fingerprint density at radius 2 is 2.19 bits per heavy atom. The van der Waals surface area contributed by atoms with Crippen LogP contribution in [0, 0.1) is 22.7 Å². The molecule has 0 amide bonds. The molecule has 0 saturated heterocycles. The molecule has 3 heteroatoms. The molecule has 1 atom stereocenters. The highest BCUT2D eigenvalue weighted by Crippen LogP contribution is 2.24. The van der Waals surface area contributed by atoms with E-state index < -0.39 is 0 Å². The van der Waals surface area contributed by atoms with Crippen molar-refractivity contribution in [3.8, 4) is 6.07 Å². The van der Waals surface area contributed by atoms with E-state index in [2.05, 4.69) is 39.1 Å². The lowest BCUT2D eigenvalue weighted by molar-refractivity contribution is 0.253. The monoisotopic (exact) mass is 236 g/mol. The molecule has 1 heterocycles. The van der Waals surface area contributed by atoms with Gasteiger partial charge in [0.2, 0.25) is 0 Å². The summed E-state index contributed by atoms with van der Waals surface area (Å²) in [5.41, 5.74) is 1.12. The molecular formula is C13H20N2S. The van der Waals surface area contributed by atoms with Crippen LogP contribution in [-0.4, -0.2) is 6.54 Å². The van der Waals surface area contributed by atoms with E-state index in [1.165, 1.54) is 4.88 Å². The minimum Gasteiger partial charge on any atom is -0.312 e. The van der Waals surface area contributed by atoms with Crippen LogP contribution in [0.5, 0.6) is 0 Å². The van der Waals surface area contributed by atoms with Gasteiger partial charge in [-0.25, -0.2) is 0 Å². The fraction of sp³-hybridized carbons (Fsp3) is 0.615. The molecule has 1 aromatic heterocycles. The van der Waals surface area contributed by atoms with Gasteiger partial charge in [0, 0.05) is 16.8 Å². The van der Waals surface area contributed by atoms with Crippen LogP contribution in [0.1, 0.15) is 38.1 Å². The van der Waals surface area contributed by atoms with E-state index in [1.807, 2.05) is 11.4 Å². The number of nitrogens with one attached hydrogen (secondary N) is 1. The summed E-state index contributed by atoms with van der Waals surface area (Å²) in [5, 5.41) is 14.1. The highest BCUT2D eigenvalue weighted by atomic mass is 32.1. The van der Waals surface area contributed by atoms with Gasteiger partial charge in [-0.3, -0.25) is 0 Å². The van der Waals surface area contributed by atoms with Crippen molar-refractivity contribution >= 4 is 11.3 Å². The lowest BCUT2D eigenvalue weighted by Gasteiger charge is -2.27. The average Bonchev–Trinajstić information content (AvgIpc) is 2.64. The topological polar surface area (TPSA) is 35.8 Å². The van der Waals surface area contributed by atoms with E-state index in [4.69, 9.17) is 5.26 Å². The predicted octanol–water partition coefficient (Wildman–Crippen LogP) is 3.39. The molecule has 88 valence electrons. The van der Waals surface area contributed by atoms with Crippen LogP contribution in [0.25, 0.3) is 0 Å². The minimum absolute atomic E-state index is 0.347. The first-order valence-electron chi connectivity index (χ1n) is 5.61. The van der Waals surface area contributed by atoms with E-state index in [9.17, 15) is 0 Å². The first-order valence-corrected chi connectivity index (χ1v) is 6.49. The first kappa shape index (κ1) is 13.2. The van der Waals surface area contributed by atoms with Gasteiger partial charge in [-0.1, -0.05) is 27.7 Å². The molecule has 1 unspecified atom stereocenters.